The van der Waals surface area contributed by atoms with Gasteiger partial charge in [0, 0.05) is 43.6 Å². The largest absolute Gasteiger partial charge is 0.347 e. The van der Waals surface area contributed by atoms with E-state index in [1.54, 1.807) is 7.05 Å². The number of likely N-dealkylation sites (N-methyl/N-ethyl adjacent to an activating group) is 1. The maximum atomic E-state index is 12.8. The van der Waals surface area contributed by atoms with Crippen LogP contribution in [0.2, 0.25) is 0 Å². The highest BCUT2D eigenvalue weighted by Gasteiger charge is 2.29. The monoisotopic (exact) mass is 393 g/mol. The highest BCUT2D eigenvalue weighted by Crippen LogP contribution is 2.22. The van der Waals surface area contributed by atoms with E-state index in [9.17, 15) is 13.2 Å². The van der Waals surface area contributed by atoms with Gasteiger partial charge in [0.1, 0.15) is 0 Å². The lowest BCUT2D eigenvalue weighted by Crippen LogP contribution is -2.38. The molecule has 1 aromatic carbocycles. The number of sulfonamides is 1. The summed E-state index contributed by atoms with van der Waals surface area (Å²) in [6.07, 6.45) is 1.87. The van der Waals surface area contributed by atoms with Gasteiger partial charge in [0.25, 0.3) is 5.91 Å². The molecule has 2 aromatic rings. The standard InChI is InChI=1S/C18H27N5O3S/c1-12(2)23-16-8-6-5-7-15(16)17(21-23)18(24)20-13-9-14(19-10-13)11-22(3)27(4,25)26/h5-8,12-14,19H,9-11H2,1-4H3,(H,20,24)/t13-,14-/m0/s1. The molecular formula is C18H27N5O3S. The molecule has 0 spiro atoms. The number of amides is 1. The van der Waals surface area contributed by atoms with Crippen LogP contribution in [0.15, 0.2) is 24.3 Å². The highest BCUT2D eigenvalue weighted by molar-refractivity contribution is 7.88. The van der Waals surface area contributed by atoms with Gasteiger partial charge in [0.2, 0.25) is 10.0 Å². The predicted octanol–water partition coefficient (Wildman–Crippen LogP) is 0.969. The SMILES string of the molecule is CC(C)n1nc(C(=O)N[C@@H]2CN[C@H](CN(C)S(C)(=O)=O)C2)c2ccccc21. The van der Waals surface area contributed by atoms with Crippen LogP contribution in [0, 0.1) is 0 Å². The Morgan fingerprint density at radius 2 is 2.11 bits per heavy atom. The molecule has 1 fully saturated rings. The van der Waals surface area contributed by atoms with Crippen LogP contribution in [-0.4, -0.2) is 66.9 Å². The molecule has 8 nitrogen and oxygen atoms in total. The highest BCUT2D eigenvalue weighted by atomic mass is 32.2. The number of hydrogen-bond donors (Lipinski definition) is 2. The predicted molar refractivity (Wildman–Crippen MR) is 105 cm³/mol. The van der Waals surface area contributed by atoms with Crippen LogP contribution >= 0.6 is 0 Å². The van der Waals surface area contributed by atoms with E-state index in [1.807, 2.05) is 42.8 Å². The van der Waals surface area contributed by atoms with Crippen LogP contribution in [0.5, 0.6) is 0 Å². The third kappa shape index (κ3) is 4.31. The second-order valence-electron chi connectivity index (χ2n) is 7.46. The Balaban J connectivity index is 1.69. The Morgan fingerprint density at radius 3 is 2.78 bits per heavy atom. The molecule has 1 amide bonds. The fraction of sp³-hybridized carbons (Fsp3) is 0.556. The summed E-state index contributed by atoms with van der Waals surface area (Å²) >= 11 is 0. The Labute approximate surface area is 160 Å². The van der Waals surface area contributed by atoms with Crippen molar-refractivity contribution in [2.75, 3.05) is 26.4 Å². The van der Waals surface area contributed by atoms with Gasteiger partial charge in [-0.15, -0.1) is 0 Å². The van der Waals surface area contributed by atoms with Gasteiger partial charge in [0.05, 0.1) is 11.8 Å². The fourth-order valence-electron chi connectivity index (χ4n) is 3.42. The van der Waals surface area contributed by atoms with Gasteiger partial charge >= 0.3 is 0 Å². The Morgan fingerprint density at radius 1 is 1.41 bits per heavy atom. The van der Waals surface area contributed by atoms with E-state index in [1.165, 1.54) is 10.6 Å². The third-order valence-electron chi connectivity index (χ3n) is 4.92. The summed E-state index contributed by atoms with van der Waals surface area (Å²) < 4.78 is 26.3. The topological polar surface area (TPSA) is 96.3 Å². The number of nitrogens with one attached hydrogen (secondary N) is 2. The van der Waals surface area contributed by atoms with Crippen molar-refractivity contribution >= 4 is 26.8 Å². The van der Waals surface area contributed by atoms with Crippen molar-refractivity contribution in [1.82, 2.24) is 24.7 Å². The summed E-state index contributed by atoms with van der Waals surface area (Å²) in [7, 11) is -1.65. The molecular weight excluding hydrogens is 366 g/mol. The van der Waals surface area contributed by atoms with E-state index in [0.717, 1.165) is 10.9 Å². The average molecular weight is 394 g/mol. The first kappa shape index (κ1) is 19.8. The van der Waals surface area contributed by atoms with Crippen molar-refractivity contribution in [2.24, 2.45) is 0 Å². The molecule has 2 heterocycles. The second-order valence-corrected chi connectivity index (χ2v) is 9.55. The molecule has 2 atom stereocenters. The van der Waals surface area contributed by atoms with Crippen molar-refractivity contribution in [2.45, 2.75) is 38.4 Å². The first-order valence-corrected chi connectivity index (χ1v) is 10.9. The normalized spacial score (nSPS) is 20.7. The van der Waals surface area contributed by atoms with Crippen LogP contribution < -0.4 is 10.6 Å². The Bertz CT molecular complexity index is 938. The van der Waals surface area contributed by atoms with Crippen molar-refractivity contribution in [3.05, 3.63) is 30.0 Å². The van der Waals surface area contributed by atoms with Crippen LogP contribution in [0.4, 0.5) is 0 Å². The van der Waals surface area contributed by atoms with Crippen LogP contribution in [0.25, 0.3) is 10.9 Å². The van der Waals surface area contributed by atoms with Gasteiger partial charge in [-0.05, 0) is 26.3 Å². The minimum Gasteiger partial charge on any atom is -0.347 e. The van der Waals surface area contributed by atoms with E-state index < -0.39 is 10.0 Å². The zero-order chi connectivity index (χ0) is 19.8. The van der Waals surface area contributed by atoms with Gasteiger partial charge in [-0.25, -0.2) is 12.7 Å². The summed E-state index contributed by atoms with van der Waals surface area (Å²) in [6, 6.07) is 7.83. The number of carbonyl (C=O) groups excluding carboxylic acids is 1. The van der Waals surface area contributed by atoms with Crippen molar-refractivity contribution in [1.29, 1.82) is 0 Å². The number of hydrogen-bond acceptors (Lipinski definition) is 5. The lowest BCUT2D eigenvalue weighted by Gasteiger charge is -2.19. The molecule has 2 N–H and O–H groups in total. The lowest BCUT2D eigenvalue weighted by molar-refractivity contribution is 0.0935. The molecule has 27 heavy (non-hydrogen) atoms. The zero-order valence-electron chi connectivity index (χ0n) is 16.1. The second kappa shape index (κ2) is 7.57. The number of para-hydroxylation sites is 1. The summed E-state index contributed by atoms with van der Waals surface area (Å²) in [6.45, 7) is 5.06. The summed E-state index contributed by atoms with van der Waals surface area (Å²) in [5.74, 6) is -0.200. The van der Waals surface area contributed by atoms with Gasteiger partial charge in [-0.2, -0.15) is 5.10 Å². The van der Waals surface area contributed by atoms with Gasteiger partial charge in [-0.3, -0.25) is 9.48 Å². The summed E-state index contributed by atoms with van der Waals surface area (Å²) in [5, 5.41) is 11.7. The quantitative estimate of drug-likeness (QED) is 0.762. The molecule has 0 aliphatic carbocycles. The van der Waals surface area contributed by atoms with Crippen molar-refractivity contribution < 1.29 is 13.2 Å². The fourth-order valence-corrected chi connectivity index (χ4v) is 3.87. The number of nitrogens with zero attached hydrogens (tertiary/aromatic N) is 3. The van der Waals surface area contributed by atoms with Crippen LogP contribution in [0.3, 0.4) is 0 Å². The van der Waals surface area contributed by atoms with Crippen molar-refractivity contribution in [3.63, 3.8) is 0 Å². The molecule has 1 aliphatic rings. The summed E-state index contributed by atoms with van der Waals surface area (Å²) in [5.41, 5.74) is 1.37. The molecule has 1 aromatic heterocycles. The molecule has 0 unspecified atom stereocenters. The molecule has 148 valence electrons. The number of benzene rings is 1. The number of fused-ring (bicyclic) bond motifs is 1. The van der Waals surface area contributed by atoms with Gasteiger partial charge in [0.15, 0.2) is 5.69 Å². The molecule has 9 heteroatoms. The van der Waals surface area contributed by atoms with Crippen LogP contribution in [-0.2, 0) is 10.0 Å². The number of aromatic nitrogens is 2. The number of rotatable bonds is 6. The molecule has 0 saturated carbocycles. The third-order valence-corrected chi connectivity index (χ3v) is 6.20. The minimum absolute atomic E-state index is 0.0139. The van der Waals surface area contributed by atoms with E-state index >= 15 is 0 Å². The van der Waals surface area contributed by atoms with E-state index in [0.29, 0.717) is 25.2 Å². The molecule has 3 rings (SSSR count). The maximum Gasteiger partial charge on any atom is 0.272 e. The molecule has 1 saturated heterocycles. The molecule has 0 bridgehead atoms. The number of carbonyl (C=O) groups is 1. The van der Waals surface area contributed by atoms with E-state index in [4.69, 9.17) is 0 Å². The van der Waals surface area contributed by atoms with Crippen LogP contribution in [0.1, 0.15) is 36.8 Å². The maximum absolute atomic E-state index is 12.8. The first-order chi connectivity index (χ1) is 12.7. The van der Waals surface area contributed by atoms with Gasteiger partial charge < -0.3 is 10.6 Å². The first-order valence-electron chi connectivity index (χ1n) is 9.09. The molecule has 1 aliphatic heterocycles. The van der Waals surface area contributed by atoms with E-state index in [2.05, 4.69) is 15.7 Å². The Hall–Kier alpha value is -1.97. The minimum atomic E-state index is -3.21. The smallest absolute Gasteiger partial charge is 0.272 e. The zero-order valence-corrected chi connectivity index (χ0v) is 17.0. The average Bonchev–Trinajstić information content (AvgIpc) is 3.18. The lowest BCUT2D eigenvalue weighted by atomic mass is 10.1. The molecule has 0 radical (unpaired) electrons. The Kier molecular flexibility index (Phi) is 5.55. The van der Waals surface area contributed by atoms with E-state index in [-0.39, 0.29) is 24.0 Å². The van der Waals surface area contributed by atoms with Crippen molar-refractivity contribution in [3.8, 4) is 0 Å². The summed E-state index contributed by atoms with van der Waals surface area (Å²) in [4.78, 5) is 12.8. The van der Waals surface area contributed by atoms with Gasteiger partial charge in [-0.1, -0.05) is 18.2 Å².